The first-order chi connectivity index (χ1) is 9.08. The highest BCUT2D eigenvalue weighted by atomic mass is 16.5. The minimum absolute atomic E-state index is 0.0502. The van der Waals surface area contributed by atoms with E-state index in [4.69, 9.17) is 9.47 Å². The maximum Gasteiger partial charge on any atom is 0.134 e. The van der Waals surface area contributed by atoms with E-state index in [1.807, 2.05) is 0 Å². The van der Waals surface area contributed by atoms with Crippen molar-refractivity contribution in [3.8, 4) is 5.75 Å². The van der Waals surface area contributed by atoms with E-state index in [1.54, 1.807) is 7.11 Å². The molecule has 0 saturated carbocycles. The van der Waals surface area contributed by atoms with Crippen LogP contribution in [0.15, 0.2) is 18.2 Å². The highest BCUT2D eigenvalue weighted by Gasteiger charge is 2.11. The van der Waals surface area contributed by atoms with Crippen LogP contribution >= 0.6 is 0 Å². The highest BCUT2D eigenvalue weighted by molar-refractivity contribution is 5.36. The summed E-state index contributed by atoms with van der Waals surface area (Å²) in [5, 5.41) is 3.29. The molecule has 0 aliphatic heterocycles. The molecular formula is C16H27NO2. The van der Waals surface area contributed by atoms with Gasteiger partial charge in [-0.05, 0) is 42.6 Å². The molecule has 1 rings (SSSR count). The summed E-state index contributed by atoms with van der Waals surface area (Å²) in [7, 11) is 1.70. The fourth-order valence-corrected chi connectivity index (χ4v) is 2.19. The maximum absolute atomic E-state index is 5.99. The van der Waals surface area contributed by atoms with Gasteiger partial charge >= 0.3 is 0 Å². The first kappa shape index (κ1) is 16.0. The van der Waals surface area contributed by atoms with Crippen LogP contribution in [-0.4, -0.2) is 32.9 Å². The molecule has 19 heavy (non-hydrogen) atoms. The van der Waals surface area contributed by atoms with E-state index in [9.17, 15) is 0 Å². The van der Waals surface area contributed by atoms with Gasteiger partial charge in [0.2, 0.25) is 0 Å². The summed E-state index contributed by atoms with van der Waals surface area (Å²) in [5.41, 5.74) is 2.66. The summed E-state index contributed by atoms with van der Waals surface area (Å²) in [6.07, 6.45) is 0.0502. The van der Waals surface area contributed by atoms with Crippen molar-refractivity contribution in [3.05, 3.63) is 29.3 Å². The molecule has 1 N–H and O–H groups in total. The SMILES string of the molecule is CCNCC(COC)Oc1ccc(C(C)C)c(C)c1. The molecule has 1 aromatic rings. The van der Waals surface area contributed by atoms with Crippen molar-refractivity contribution in [2.24, 2.45) is 0 Å². The Bertz CT molecular complexity index is 377. The van der Waals surface area contributed by atoms with E-state index in [0.717, 1.165) is 18.8 Å². The van der Waals surface area contributed by atoms with Gasteiger partial charge in [0, 0.05) is 13.7 Å². The number of benzene rings is 1. The van der Waals surface area contributed by atoms with Crippen molar-refractivity contribution in [2.45, 2.75) is 39.7 Å². The first-order valence-electron chi connectivity index (χ1n) is 7.05. The van der Waals surface area contributed by atoms with Crippen molar-refractivity contribution in [1.82, 2.24) is 5.32 Å². The second kappa shape index (κ2) is 8.18. The van der Waals surface area contributed by atoms with E-state index < -0.39 is 0 Å². The summed E-state index contributed by atoms with van der Waals surface area (Å²) in [4.78, 5) is 0. The van der Waals surface area contributed by atoms with Gasteiger partial charge in [-0.3, -0.25) is 0 Å². The smallest absolute Gasteiger partial charge is 0.134 e. The number of likely N-dealkylation sites (N-methyl/N-ethyl adjacent to an activating group) is 1. The van der Waals surface area contributed by atoms with Crippen LogP contribution in [0.1, 0.15) is 37.8 Å². The van der Waals surface area contributed by atoms with E-state index in [1.165, 1.54) is 11.1 Å². The largest absolute Gasteiger partial charge is 0.487 e. The molecule has 0 spiro atoms. The summed E-state index contributed by atoms with van der Waals surface area (Å²) in [5.74, 6) is 1.47. The van der Waals surface area contributed by atoms with Gasteiger partial charge in [-0.15, -0.1) is 0 Å². The molecule has 0 radical (unpaired) electrons. The van der Waals surface area contributed by atoms with Gasteiger partial charge < -0.3 is 14.8 Å². The summed E-state index contributed by atoms with van der Waals surface area (Å²) < 4.78 is 11.2. The predicted molar refractivity (Wildman–Crippen MR) is 80.1 cm³/mol. The number of ether oxygens (including phenoxy) is 2. The fraction of sp³-hybridized carbons (Fsp3) is 0.625. The third-order valence-corrected chi connectivity index (χ3v) is 3.14. The van der Waals surface area contributed by atoms with E-state index in [-0.39, 0.29) is 6.10 Å². The van der Waals surface area contributed by atoms with Gasteiger partial charge in [-0.1, -0.05) is 26.8 Å². The van der Waals surface area contributed by atoms with Crippen molar-refractivity contribution >= 4 is 0 Å². The van der Waals surface area contributed by atoms with Crippen molar-refractivity contribution in [2.75, 3.05) is 26.8 Å². The minimum Gasteiger partial charge on any atom is -0.487 e. The van der Waals surface area contributed by atoms with Crippen LogP contribution < -0.4 is 10.1 Å². The third kappa shape index (κ3) is 5.21. The zero-order valence-electron chi connectivity index (χ0n) is 12.8. The average Bonchev–Trinajstić information content (AvgIpc) is 2.36. The number of aryl methyl sites for hydroxylation is 1. The predicted octanol–water partition coefficient (Wildman–Crippen LogP) is 3.12. The van der Waals surface area contributed by atoms with Gasteiger partial charge in [0.05, 0.1) is 6.61 Å². The monoisotopic (exact) mass is 265 g/mol. The highest BCUT2D eigenvalue weighted by Crippen LogP contribution is 2.24. The maximum atomic E-state index is 5.99. The Morgan fingerprint density at radius 2 is 2.00 bits per heavy atom. The molecule has 1 unspecified atom stereocenters. The Labute approximate surface area is 117 Å². The Balaban J connectivity index is 2.70. The van der Waals surface area contributed by atoms with Crippen molar-refractivity contribution in [3.63, 3.8) is 0 Å². The van der Waals surface area contributed by atoms with Gasteiger partial charge in [-0.25, -0.2) is 0 Å². The first-order valence-corrected chi connectivity index (χ1v) is 7.05. The Hall–Kier alpha value is -1.06. The number of rotatable bonds is 8. The van der Waals surface area contributed by atoms with Gasteiger partial charge in [0.25, 0.3) is 0 Å². The molecule has 0 aliphatic carbocycles. The third-order valence-electron chi connectivity index (χ3n) is 3.14. The zero-order valence-corrected chi connectivity index (χ0v) is 12.8. The lowest BCUT2D eigenvalue weighted by Crippen LogP contribution is -2.34. The Kier molecular flexibility index (Phi) is 6.89. The average molecular weight is 265 g/mol. The quantitative estimate of drug-likeness (QED) is 0.783. The van der Waals surface area contributed by atoms with Gasteiger partial charge in [0.1, 0.15) is 11.9 Å². The molecule has 3 nitrogen and oxygen atoms in total. The second-order valence-corrected chi connectivity index (χ2v) is 5.18. The van der Waals surface area contributed by atoms with E-state index >= 15 is 0 Å². The van der Waals surface area contributed by atoms with Crippen LogP contribution in [0.3, 0.4) is 0 Å². The lowest BCUT2D eigenvalue weighted by molar-refractivity contribution is 0.0809. The summed E-state index contributed by atoms with van der Waals surface area (Å²) in [6.45, 7) is 11.0. The van der Waals surface area contributed by atoms with Crippen LogP contribution in [0.25, 0.3) is 0 Å². The Morgan fingerprint density at radius 3 is 2.53 bits per heavy atom. The van der Waals surface area contributed by atoms with Crippen molar-refractivity contribution in [1.29, 1.82) is 0 Å². The zero-order chi connectivity index (χ0) is 14.3. The molecule has 0 amide bonds. The van der Waals surface area contributed by atoms with Crippen LogP contribution in [0, 0.1) is 6.92 Å². The molecule has 3 heteroatoms. The van der Waals surface area contributed by atoms with Crippen molar-refractivity contribution < 1.29 is 9.47 Å². The normalized spacial score (nSPS) is 12.7. The fourth-order valence-electron chi connectivity index (χ4n) is 2.19. The number of nitrogens with one attached hydrogen (secondary N) is 1. The van der Waals surface area contributed by atoms with E-state index in [2.05, 4.69) is 51.2 Å². The molecular weight excluding hydrogens is 238 g/mol. The van der Waals surface area contributed by atoms with Gasteiger partial charge in [0.15, 0.2) is 0 Å². The molecule has 0 aromatic heterocycles. The molecule has 0 aliphatic rings. The molecule has 1 aromatic carbocycles. The molecule has 0 fully saturated rings. The number of methoxy groups -OCH3 is 1. The molecule has 0 heterocycles. The molecule has 1 atom stereocenters. The molecule has 0 bridgehead atoms. The molecule has 108 valence electrons. The minimum atomic E-state index is 0.0502. The Morgan fingerprint density at radius 1 is 1.26 bits per heavy atom. The standard InChI is InChI=1S/C16H27NO2/c1-6-17-10-15(11-18-5)19-14-7-8-16(12(2)3)13(4)9-14/h7-9,12,15,17H,6,10-11H2,1-5H3. The number of hydrogen-bond acceptors (Lipinski definition) is 3. The van der Waals surface area contributed by atoms with Crippen LogP contribution in [0.4, 0.5) is 0 Å². The van der Waals surface area contributed by atoms with Crippen LogP contribution in [-0.2, 0) is 4.74 Å². The topological polar surface area (TPSA) is 30.5 Å². The summed E-state index contributed by atoms with van der Waals surface area (Å²) in [6, 6.07) is 6.33. The van der Waals surface area contributed by atoms with Gasteiger partial charge in [-0.2, -0.15) is 0 Å². The molecule has 0 saturated heterocycles. The second-order valence-electron chi connectivity index (χ2n) is 5.18. The van der Waals surface area contributed by atoms with Crippen LogP contribution in [0.2, 0.25) is 0 Å². The number of hydrogen-bond donors (Lipinski definition) is 1. The van der Waals surface area contributed by atoms with E-state index in [0.29, 0.717) is 12.5 Å². The lowest BCUT2D eigenvalue weighted by Gasteiger charge is -2.20. The van der Waals surface area contributed by atoms with Crippen LogP contribution in [0.5, 0.6) is 5.75 Å². The lowest BCUT2D eigenvalue weighted by atomic mass is 9.98. The summed E-state index contributed by atoms with van der Waals surface area (Å²) >= 11 is 0.